The number of likely N-dealkylation sites (tertiary alicyclic amines) is 1. The van der Waals surface area contributed by atoms with Crippen molar-refractivity contribution in [3.8, 4) is 0 Å². The molecule has 1 aliphatic rings. The van der Waals surface area contributed by atoms with Crippen molar-refractivity contribution >= 4 is 0 Å². The van der Waals surface area contributed by atoms with Crippen molar-refractivity contribution in [1.29, 1.82) is 0 Å². The maximum absolute atomic E-state index is 9.94. The molecule has 0 aromatic heterocycles. The average Bonchev–Trinajstić information content (AvgIpc) is 2.41. The van der Waals surface area contributed by atoms with Crippen LogP contribution >= 0.6 is 0 Å². The van der Waals surface area contributed by atoms with E-state index in [0.29, 0.717) is 19.2 Å². The number of aliphatic hydroxyl groups excluding tert-OH is 1. The molecule has 0 amide bonds. The van der Waals surface area contributed by atoms with E-state index in [2.05, 4.69) is 36.1 Å². The van der Waals surface area contributed by atoms with Crippen LogP contribution in [0.2, 0.25) is 0 Å². The van der Waals surface area contributed by atoms with Crippen LogP contribution in [0.4, 0.5) is 0 Å². The molecule has 0 saturated carbocycles. The Morgan fingerprint density at radius 3 is 2.74 bits per heavy atom. The summed E-state index contributed by atoms with van der Waals surface area (Å²) < 4.78 is 5.03. The van der Waals surface area contributed by atoms with Crippen molar-refractivity contribution in [3.05, 3.63) is 35.4 Å². The lowest BCUT2D eigenvalue weighted by atomic mass is 9.94. The highest BCUT2D eigenvalue weighted by atomic mass is 16.5. The maximum atomic E-state index is 9.94. The molecular weight excluding hydrogens is 238 g/mol. The molecule has 0 radical (unpaired) electrons. The van der Waals surface area contributed by atoms with E-state index in [1.165, 1.54) is 30.4 Å². The van der Waals surface area contributed by atoms with E-state index in [9.17, 15) is 5.11 Å². The molecule has 1 aliphatic heterocycles. The minimum Gasteiger partial charge on any atom is -0.389 e. The molecule has 1 fully saturated rings. The van der Waals surface area contributed by atoms with Crippen molar-refractivity contribution in [2.75, 3.05) is 26.8 Å². The Balaban J connectivity index is 2.05. The largest absolute Gasteiger partial charge is 0.389 e. The molecule has 0 bridgehead atoms. The van der Waals surface area contributed by atoms with Crippen LogP contribution in [0.15, 0.2) is 24.3 Å². The number of hydrogen-bond acceptors (Lipinski definition) is 3. The van der Waals surface area contributed by atoms with E-state index in [1.807, 2.05) is 0 Å². The molecule has 106 valence electrons. The van der Waals surface area contributed by atoms with Gasteiger partial charge in [0.25, 0.3) is 0 Å². The molecular formula is C16H25NO2. The lowest BCUT2D eigenvalue weighted by Gasteiger charge is -2.37. The van der Waals surface area contributed by atoms with E-state index in [1.54, 1.807) is 7.11 Å². The standard InChI is InChI=1S/C16H25NO2/c1-13-6-8-14(9-7-13)16-5-3-4-10-17(16)11-15(18)12-19-2/h6-9,15-16,18H,3-5,10-12H2,1-2H3/t15-,16+/m1/s1. The molecule has 2 atom stereocenters. The molecule has 0 unspecified atom stereocenters. The molecule has 3 nitrogen and oxygen atoms in total. The zero-order valence-electron chi connectivity index (χ0n) is 12.0. The summed E-state index contributed by atoms with van der Waals surface area (Å²) >= 11 is 0. The van der Waals surface area contributed by atoms with E-state index < -0.39 is 6.10 Å². The van der Waals surface area contributed by atoms with Crippen LogP contribution in [0, 0.1) is 6.92 Å². The summed E-state index contributed by atoms with van der Waals surface area (Å²) in [5, 5.41) is 9.94. The first kappa shape index (κ1) is 14.5. The van der Waals surface area contributed by atoms with Gasteiger partial charge >= 0.3 is 0 Å². The van der Waals surface area contributed by atoms with Crippen LogP contribution in [0.5, 0.6) is 0 Å². The Hall–Kier alpha value is -0.900. The Morgan fingerprint density at radius 1 is 1.32 bits per heavy atom. The van der Waals surface area contributed by atoms with Crippen LogP contribution in [0.1, 0.15) is 36.4 Å². The summed E-state index contributed by atoms with van der Waals surface area (Å²) in [6, 6.07) is 9.24. The quantitative estimate of drug-likeness (QED) is 0.886. The fraction of sp³-hybridized carbons (Fsp3) is 0.625. The zero-order valence-corrected chi connectivity index (χ0v) is 12.0. The second-order valence-electron chi connectivity index (χ2n) is 5.53. The topological polar surface area (TPSA) is 32.7 Å². The Labute approximate surface area is 116 Å². The predicted octanol–water partition coefficient (Wildman–Crippen LogP) is 2.53. The first-order valence-electron chi connectivity index (χ1n) is 7.18. The number of aryl methyl sites for hydroxylation is 1. The van der Waals surface area contributed by atoms with Crippen LogP contribution in [-0.4, -0.2) is 42.9 Å². The Bertz CT molecular complexity index is 377. The molecule has 1 saturated heterocycles. The number of nitrogens with zero attached hydrogens (tertiary/aromatic N) is 1. The van der Waals surface area contributed by atoms with Gasteiger partial charge in [-0.05, 0) is 31.9 Å². The number of benzene rings is 1. The molecule has 2 rings (SSSR count). The van der Waals surface area contributed by atoms with Gasteiger partial charge in [-0.3, -0.25) is 4.90 Å². The monoisotopic (exact) mass is 263 g/mol. The lowest BCUT2D eigenvalue weighted by molar-refractivity contribution is 0.0177. The summed E-state index contributed by atoms with van der Waals surface area (Å²) in [6.45, 7) is 4.30. The van der Waals surface area contributed by atoms with Gasteiger partial charge < -0.3 is 9.84 Å². The van der Waals surface area contributed by atoms with E-state index >= 15 is 0 Å². The second kappa shape index (κ2) is 7.04. The number of hydrogen-bond donors (Lipinski definition) is 1. The van der Waals surface area contributed by atoms with Gasteiger partial charge in [0.05, 0.1) is 12.7 Å². The number of methoxy groups -OCH3 is 1. The van der Waals surface area contributed by atoms with Gasteiger partial charge in [-0.25, -0.2) is 0 Å². The molecule has 0 aliphatic carbocycles. The van der Waals surface area contributed by atoms with Crippen molar-refractivity contribution in [2.45, 2.75) is 38.3 Å². The molecule has 1 aromatic carbocycles. The predicted molar refractivity (Wildman–Crippen MR) is 77.2 cm³/mol. The normalized spacial score (nSPS) is 22.4. The van der Waals surface area contributed by atoms with Gasteiger partial charge in [0.15, 0.2) is 0 Å². The fourth-order valence-electron chi connectivity index (χ4n) is 2.89. The van der Waals surface area contributed by atoms with E-state index in [-0.39, 0.29) is 0 Å². The number of piperidine rings is 1. The second-order valence-corrected chi connectivity index (χ2v) is 5.53. The van der Waals surface area contributed by atoms with Gasteiger partial charge in [-0.15, -0.1) is 0 Å². The molecule has 0 spiro atoms. The average molecular weight is 263 g/mol. The molecule has 1 aromatic rings. The highest BCUT2D eigenvalue weighted by Crippen LogP contribution is 2.30. The first-order chi connectivity index (χ1) is 9.20. The van der Waals surface area contributed by atoms with Gasteiger partial charge in [0, 0.05) is 19.7 Å². The SMILES string of the molecule is COC[C@H](O)CN1CCCC[C@H]1c1ccc(C)cc1. The van der Waals surface area contributed by atoms with Crippen molar-refractivity contribution in [2.24, 2.45) is 0 Å². The first-order valence-corrected chi connectivity index (χ1v) is 7.18. The third-order valence-electron chi connectivity index (χ3n) is 3.88. The van der Waals surface area contributed by atoms with Crippen molar-refractivity contribution < 1.29 is 9.84 Å². The van der Waals surface area contributed by atoms with Crippen LogP contribution < -0.4 is 0 Å². The minimum atomic E-state index is -0.393. The van der Waals surface area contributed by atoms with Crippen molar-refractivity contribution in [1.82, 2.24) is 4.90 Å². The van der Waals surface area contributed by atoms with Crippen LogP contribution in [-0.2, 0) is 4.74 Å². The Kier molecular flexibility index (Phi) is 5.37. The van der Waals surface area contributed by atoms with E-state index in [4.69, 9.17) is 4.74 Å². The summed E-state index contributed by atoms with van der Waals surface area (Å²) in [5.74, 6) is 0. The van der Waals surface area contributed by atoms with Gasteiger partial charge in [0.2, 0.25) is 0 Å². The number of ether oxygens (including phenoxy) is 1. The zero-order chi connectivity index (χ0) is 13.7. The molecule has 1 N–H and O–H groups in total. The van der Waals surface area contributed by atoms with Crippen LogP contribution in [0.25, 0.3) is 0 Å². The van der Waals surface area contributed by atoms with E-state index in [0.717, 1.165) is 6.54 Å². The number of aliphatic hydroxyl groups is 1. The summed E-state index contributed by atoms with van der Waals surface area (Å²) in [5.41, 5.74) is 2.67. The van der Waals surface area contributed by atoms with Crippen LogP contribution in [0.3, 0.4) is 0 Å². The lowest BCUT2D eigenvalue weighted by Crippen LogP contribution is -2.40. The van der Waals surface area contributed by atoms with Crippen molar-refractivity contribution in [3.63, 3.8) is 0 Å². The number of rotatable bonds is 5. The summed E-state index contributed by atoms with van der Waals surface area (Å²) in [6.07, 6.45) is 3.29. The smallest absolute Gasteiger partial charge is 0.0900 e. The highest BCUT2D eigenvalue weighted by Gasteiger charge is 2.25. The third kappa shape index (κ3) is 4.03. The highest BCUT2D eigenvalue weighted by molar-refractivity contribution is 5.24. The third-order valence-corrected chi connectivity index (χ3v) is 3.88. The maximum Gasteiger partial charge on any atom is 0.0900 e. The number of β-amino-alcohol motifs (C(OH)–C–C–N with tert-alkyl or cyclic N) is 1. The van der Waals surface area contributed by atoms with Gasteiger partial charge in [0.1, 0.15) is 0 Å². The summed E-state index contributed by atoms with van der Waals surface area (Å²) in [4.78, 5) is 2.40. The Morgan fingerprint density at radius 2 is 2.05 bits per heavy atom. The fourth-order valence-corrected chi connectivity index (χ4v) is 2.89. The molecule has 3 heteroatoms. The van der Waals surface area contributed by atoms with Gasteiger partial charge in [-0.2, -0.15) is 0 Å². The minimum absolute atomic E-state index is 0.393. The van der Waals surface area contributed by atoms with Gasteiger partial charge in [-0.1, -0.05) is 36.2 Å². The molecule has 19 heavy (non-hydrogen) atoms. The summed E-state index contributed by atoms with van der Waals surface area (Å²) in [7, 11) is 1.64. The molecule has 1 heterocycles.